The smallest absolute Gasteiger partial charge is 0.250 e. The number of nitrogens with zero attached hydrogens (tertiary/aromatic N) is 3. The minimum atomic E-state index is -0.417. The molecule has 8 nitrogen and oxygen atoms in total. The van der Waals surface area contributed by atoms with Crippen molar-refractivity contribution in [3.63, 3.8) is 0 Å². The molecule has 1 amide bonds. The average Bonchev–Trinajstić information content (AvgIpc) is 3.64. The van der Waals surface area contributed by atoms with E-state index in [1.165, 1.54) is 18.5 Å². The molecule has 8 heteroatoms. The summed E-state index contributed by atoms with van der Waals surface area (Å²) in [7, 11) is 0. The van der Waals surface area contributed by atoms with Gasteiger partial charge in [0.15, 0.2) is 0 Å². The molecular formula is C27H32N6O2. The normalized spacial score (nSPS) is 13.1. The molecule has 0 saturated heterocycles. The lowest BCUT2D eigenvalue weighted by molar-refractivity contribution is -0.114. The number of anilines is 3. The molecule has 3 aromatic rings. The van der Waals surface area contributed by atoms with Crippen LogP contribution in [-0.4, -0.2) is 38.8 Å². The van der Waals surface area contributed by atoms with Crippen molar-refractivity contribution in [3.8, 4) is 5.75 Å². The van der Waals surface area contributed by atoms with Crippen LogP contribution in [0.5, 0.6) is 5.75 Å². The van der Waals surface area contributed by atoms with Crippen LogP contribution in [0.4, 0.5) is 17.3 Å². The van der Waals surface area contributed by atoms with Gasteiger partial charge in [0.1, 0.15) is 23.7 Å². The predicted molar refractivity (Wildman–Crippen MR) is 141 cm³/mol. The van der Waals surface area contributed by atoms with E-state index in [1.54, 1.807) is 24.0 Å². The Balaban J connectivity index is 0.00000167. The number of benzene rings is 2. The SMILES string of the molecule is C=CC(=O)N(CC1(Nc2ncnc(N)c2C(=N)c2ccc(C)c(O)c2)CC1)c1ccccc1.CC. The summed E-state index contributed by atoms with van der Waals surface area (Å²) in [5.41, 5.74) is 8.19. The first-order chi connectivity index (χ1) is 16.8. The van der Waals surface area contributed by atoms with Crippen LogP contribution in [0.3, 0.4) is 0 Å². The molecule has 35 heavy (non-hydrogen) atoms. The fraction of sp³-hybridized carbons (Fsp3) is 0.259. The highest BCUT2D eigenvalue weighted by atomic mass is 16.3. The van der Waals surface area contributed by atoms with Gasteiger partial charge in [-0.05, 0) is 49.6 Å². The van der Waals surface area contributed by atoms with E-state index in [2.05, 4.69) is 21.9 Å². The van der Waals surface area contributed by atoms with E-state index in [9.17, 15) is 9.90 Å². The molecule has 0 aliphatic heterocycles. The first kappa shape index (κ1) is 25.4. The second-order valence-electron chi connectivity index (χ2n) is 8.23. The number of para-hydroxylation sites is 1. The third-order valence-corrected chi connectivity index (χ3v) is 5.83. The van der Waals surface area contributed by atoms with Gasteiger partial charge >= 0.3 is 0 Å². The Morgan fingerprint density at radius 2 is 1.91 bits per heavy atom. The van der Waals surface area contributed by atoms with Gasteiger partial charge in [-0.2, -0.15) is 0 Å². The Labute approximate surface area is 206 Å². The van der Waals surface area contributed by atoms with Crippen molar-refractivity contribution in [2.24, 2.45) is 0 Å². The summed E-state index contributed by atoms with van der Waals surface area (Å²) in [6, 6.07) is 14.4. The summed E-state index contributed by atoms with van der Waals surface area (Å²) in [6.07, 6.45) is 4.29. The van der Waals surface area contributed by atoms with Gasteiger partial charge < -0.3 is 21.1 Å². The molecule has 5 N–H and O–H groups in total. The number of phenolic OH excluding ortho intramolecular Hbond substituents is 1. The summed E-state index contributed by atoms with van der Waals surface area (Å²) in [5, 5.41) is 22.3. The molecule has 1 aliphatic rings. The average molecular weight is 473 g/mol. The highest BCUT2D eigenvalue weighted by Gasteiger charge is 2.46. The highest BCUT2D eigenvalue weighted by Crippen LogP contribution is 2.41. The van der Waals surface area contributed by atoms with Crippen LogP contribution in [0.2, 0.25) is 0 Å². The molecule has 1 aromatic heterocycles. The molecule has 1 fully saturated rings. The summed E-state index contributed by atoms with van der Waals surface area (Å²) < 4.78 is 0. The standard InChI is InChI=1S/C25H26N6O2.C2H6/c1-3-20(33)31(18-7-5-4-6-8-18)14-25(11-12-25)30-24-21(23(27)28-15-29-24)22(26)17-10-9-16(2)19(32)13-17;1-2/h3-10,13,15,26,32H,1,11-12,14H2,2H3,(H3,27,28,29,30);1-2H3. The first-order valence-electron chi connectivity index (χ1n) is 11.6. The maximum atomic E-state index is 12.6. The number of aryl methyl sites for hydroxylation is 1. The van der Waals surface area contributed by atoms with Gasteiger partial charge in [-0.15, -0.1) is 0 Å². The van der Waals surface area contributed by atoms with E-state index < -0.39 is 5.54 Å². The number of amides is 1. The maximum Gasteiger partial charge on any atom is 0.250 e. The number of hydrogen-bond acceptors (Lipinski definition) is 7. The number of nitrogen functional groups attached to an aromatic ring is 1. The number of hydrogen-bond donors (Lipinski definition) is 4. The van der Waals surface area contributed by atoms with Crippen molar-refractivity contribution in [1.29, 1.82) is 5.41 Å². The van der Waals surface area contributed by atoms with Crippen LogP contribution in [0, 0.1) is 12.3 Å². The minimum Gasteiger partial charge on any atom is -0.508 e. The van der Waals surface area contributed by atoms with E-state index in [4.69, 9.17) is 11.1 Å². The lowest BCUT2D eigenvalue weighted by atomic mass is 10.0. The predicted octanol–water partition coefficient (Wildman–Crippen LogP) is 4.68. The van der Waals surface area contributed by atoms with Crippen LogP contribution in [0.15, 0.2) is 67.5 Å². The van der Waals surface area contributed by atoms with Gasteiger partial charge in [-0.1, -0.05) is 50.8 Å². The maximum absolute atomic E-state index is 12.6. The Bertz CT molecular complexity index is 1220. The van der Waals surface area contributed by atoms with Gasteiger partial charge in [0, 0.05) is 17.8 Å². The minimum absolute atomic E-state index is 0.0993. The number of nitrogens with one attached hydrogen (secondary N) is 2. The molecule has 4 rings (SSSR count). The van der Waals surface area contributed by atoms with Crippen molar-refractivity contribution in [1.82, 2.24) is 9.97 Å². The fourth-order valence-corrected chi connectivity index (χ4v) is 3.69. The molecule has 0 unspecified atom stereocenters. The monoisotopic (exact) mass is 472 g/mol. The molecule has 182 valence electrons. The van der Waals surface area contributed by atoms with Crippen LogP contribution >= 0.6 is 0 Å². The van der Waals surface area contributed by atoms with Crippen LogP contribution in [0.1, 0.15) is 43.4 Å². The Morgan fingerprint density at radius 3 is 2.51 bits per heavy atom. The topological polar surface area (TPSA) is 128 Å². The van der Waals surface area contributed by atoms with Gasteiger partial charge in [0.05, 0.1) is 16.8 Å². The van der Waals surface area contributed by atoms with E-state index in [0.717, 1.165) is 18.5 Å². The Hall–Kier alpha value is -4.20. The van der Waals surface area contributed by atoms with Crippen LogP contribution < -0.4 is 16.0 Å². The van der Waals surface area contributed by atoms with Crippen molar-refractivity contribution < 1.29 is 9.90 Å². The zero-order valence-electron chi connectivity index (χ0n) is 20.4. The highest BCUT2D eigenvalue weighted by molar-refractivity contribution is 6.16. The number of aromatic nitrogens is 2. The molecule has 2 aromatic carbocycles. The second kappa shape index (κ2) is 10.8. The summed E-state index contributed by atoms with van der Waals surface area (Å²) >= 11 is 0. The van der Waals surface area contributed by atoms with Gasteiger partial charge in [-0.3, -0.25) is 10.2 Å². The first-order valence-corrected chi connectivity index (χ1v) is 11.6. The molecule has 0 spiro atoms. The fourth-order valence-electron chi connectivity index (χ4n) is 3.69. The Morgan fingerprint density at radius 1 is 1.23 bits per heavy atom. The molecular weight excluding hydrogens is 440 g/mol. The zero-order chi connectivity index (χ0) is 25.6. The van der Waals surface area contributed by atoms with Gasteiger partial charge in [-0.25, -0.2) is 9.97 Å². The summed E-state index contributed by atoms with van der Waals surface area (Å²) in [6.45, 7) is 9.83. The van der Waals surface area contributed by atoms with E-state index in [0.29, 0.717) is 29.1 Å². The lowest BCUT2D eigenvalue weighted by Gasteiger charge is -2.28. The number of carbonyl (C=O) groups is 1. The molecule has 0 atom stereocenters. The van der Waals surface area contributed by atoms with E-state index >= 15 is 0 Å². The molecule has 1 aliphatic carbocycles. The number of aromatic hydroxyl groups is 1. The third-order valence-electron chi connectivity index (χ3n) is 5.83. The van der Waals surface area contributed by atoms with E-state index in [-0.39, 0.29) is 23.2 Å². The van der Waals surface area contributed by atoms with Crippen molar-refractivity contribution in [2.75, 3.05) is 22.5 Å². The van der Waals surface area contributed by atoms with Crippen molar-refractivity contribution >= 4 is 28.9 Å². The van der Waals surface area contributed by atoms with E-state index in [1.807, 2.05) is 44.2 Å². The van der Waals surface area contributed by atoms with Crippen LogP contribution in [-0.2, 0) is 4.79 Å². The summed E-state index contributed by atoms with van der Waals surface area (Å²) in [5.74, 6) is 0.487. The number of carbonyl (C=O) groups excluding carboxylic acids is 1. The molecule has 0 radical (unpaired) electrons. The number of rotatable bonds is 8. The third kappa shape index (κ3) is 5.66. The largest absolute Gasteiger partial charge is 0.508 e. The molecule has 1 heterocycles. The number of nitrogens with two attached hydrogens (primary N) is 1. The van der Waals surface area contributed by atoms with Crippen molar-refractivity contribution in [2.45, 2.75) is 39.2 Å². The van der Waals surface area contributed by atoms with Gasteiger partial charge in [0.2, 0.25) is 5.91 Å². The summed E-state index contributed by atoms with van der Waals surface area (Å²) in [4.78, 5) is 22.7. The Kier molecular flexibility index (Phi) is 7.86. The number of phenols is 1. The molecule has 0 bridgehead atoms. The lowest BCUT2D eigenvalue weighted by Crippen LogP contribution is -2.42. The zero-order valence-corrected chi connectivity index (χ0v) is 20.4. The van der Waals surface area contributed by atoms with Crippen molar-refractivity contribution in [3.05, 3.63) is 84.2 Å². The quantitative estimate of drug-likeness (QED) is 0.278. The molecule has 1 saturated carbocycles. The second-order valence-corrected chi connectivity index (χ2v) is 8.23. The van der Waals surface area contributed by atoms with Gasteiger partial charge in [0.25, 0.3) is 0 Å². The van der Waals surface area contributed by atoms with Crippen LogP contribution in [0.25, 0.3) is 0 Å².